The van der Waals surface area contributed by atoms with Crippen molar-refractivity contribution in [1.29, 1.82) is 0 Å². The smallest absolute Gasteiger partial charge is 0.308 e. The average Bonchev–Trinajstić information content (AvgIpc) is 2.74. The molecule has 0 aromatic carbocycles. The summed E-state index contributed by atoms with van der Waals surface area (Å²) in [6, 6.07) is 0. The Balaban J connectivity index is 3.48. The summed E-state index contributed by atoms with van der Waals surface area (Å²) in [6.45, 7) is 12.0. The number of carbonyl (C=O) groups excluding carboxylic acids is 2. The molecule has 0 aliphatic carbocycles. The van der Waals surface area contributed by atoms with E-state index in [9.17, 15) is 9.59 Å². The maximum Gasteiger partial charge on any atom is 0.308 e. The fourth-order valence-electron chi connectivity index (χ4n) is 3.92. The highest BCUT2D eigenvalue weighted by Crippen LogP contribution is 2.18. The first-order valence-corrected chi connectivity index (χ1v) is 13.7. The molecule has 0 aromatic heterocycles. The molecule has 0 aromatic rings. The molecule has 190 valence electrons. The third kappa shape index (κ3) is 20.8. The van der Waals surface area contributed by atoms with Crippen molar-refractivity contribution < 1.29 is 19.1 Å². The van der Waals surface area contributed by atoms with Gasteiger partial charge in [-0.15, -0.1) is 0 Å². The molecule has 0 bridgehead atoms. The van der Waals surface area contributed by atoms with E-state index in [0.717, 1.165) is 57.8 Å². The molecule has 4 heteroatoms. The lowest BCUT2D eigenvalue weighted by Gasteiger charge is -2.14. The topological polar surface area (TPSA) is 52.6 Å². The molecule has 0 aliphatic heterocycles. The van der Waals surface area contributed by atoms with Gasteiger partial charge in [0.05, 0.1) is 19.1 Å². The monoisotopic (exact) mass is 454 g/mol. The molecular weight excluding hydrogens is 400 g/mol. The van der Waals surface area contributed by atoms with Crippen LogP contribution in [-0.4, -0.2) is 25.2 Å². The largest absolute Gasteiger partial charge is 0.466 e. The number of ether oxygens (including phenoxy) is 2. The molecule has 32 heavy (non-hydrogen) atoms. The Hall–Kier alpha value is -1.06. The summed E-state index contributed by atoms with van der Waals surface area (Å²) in [5.41, 5.74) is 0. The van der Waals surface area contributed by atoms with Gasteiger partial charge in [-0.3, -0.25) is 9.59 Å². The summed E-state index contributed by atoms with van der Waals surface area (Å²) in [4.78, 5) is 23.9. The van der Waals surface area contributed by atoms with Gasteiger partial charge in [0.15, 0.2) is 0 Å². The van der Waals surface area contributed by atoms with Gasteiger partial charge in [0.1, 0.15) is 0 Å². The molecule has 0 heterocycles. The first-order chi connectivity index (χ1) is 15.4. The van der Waals surface area contributed by atoms with Crippen molar-refractivity contribution in [1.82, 2.24) is 0 Å². The van der Waals surface area contributed by atoms with Gasteiger partial charge in [0.2, 0.25) is 0 Å². The van der Waals surface area contributed by atoms with Crippen LogP contribution in [0.3, 0.4) is 0 Å². The third-order valence-corrected chi connectivity index (χ3v) is 6.12. The molecular formula is C28H54O4. The summed E-state index contributed by atoms with van der Waals surface area (Å²) >= 11 is 0. The Bertz CT molecular complexity index is 445. The van der Waals surface area contributed by atoms with Crippen LogP contribution in [0.4, 0.5) is 0 Å². The fraction of sp³-hybridized carbons (Fsp3) is 0.929. The van der Waals surface area contributed by atoms with E-state index in [2.05, 4.69) is 34.6 Å². The maximum atomic E-state index is 12.2. The quantitative estimate of drug-likeness (QED) is 0.122. The van der Waals surface area contributed by atoms with Crippen LogP contribution in [0.25, 0.3) is 0 Å². The molecule has 0 N–H and O–H groups in total. The van der Waals surface area contributed by atoms with Crippen molar-refractivity contribution >= 4 is 11.9 Å². The van der Waals surface area contributed by atoms with Gasteiger partial charge in [-0.2, -0.15) is 0 Å². The van der Waals surface area contributed by atoms with Crippen molar-refractivity contribution in [3.05, 3.63) is 0 Å². The molecule has 0 aliphatic rings. The maximum absolute atomic E-state index is 12.2. The number of hydrogen-bond acceptors (Lipinski definition) is 4. The second-order valence-electron chi connectivity index (χ2n) is 10.3. The molecule has 0 amide bonds. The summed E-state index contributed by atoms with van der Waals surface area (Å²) in [6.07, 6.45) is 17.3. The van der Waals surface area contributed by atoms with Crippen LogP contribution in [0.2, 0.25) is 0 Å². The van der Waals surface area contributed by atoms with Gasteiger partial charge in [0, 0.05) is 6.42 Å². The van der Waals surface area contributed by atoms with Crippen LogP contribution >= 0.6 is 0 Å². The summed E-state index contributed by atoms with van der Waals surface area (Å²) in [5.74, 6) is 1.41. The van der Waals surface area contributed by atoms with Crippen LogP contribution in [0.5, 0.6) is 0 Å². The fourth-order valence-corrected chi connectivity index (χ4v) is 3.92. The molecule has 0 saturated heterocycles. The van der Waals surface area contributed by atoms with Crippen molar-refractivity contribution in [2.75, 3.05) is 13.2 Å². The van der Waals surface area contributed by atoms with E-state index in [0.29, 0.717) is 31.5 Å². The van der Waals surface area contributed by atoms with Gasteiger partial charge >= 0.3 is 11.9 Å². The summed E-state index contributed by atoms with van der Waals surface area (Å²) in [7, 11) is 0. The van der Waals surface area contributed by atoms with Gasteiger partial charge in [0.25, 0.3) is 0 Å². The molecule has 1 unspecified atom stereocenters. The Labute approximate surface area is 199 Å². The number of hydrogen-bond donors (Lipinski definition) is 0. The van der Waals surface area contributed by atoms with Crippen molar-refractivity contribution in [2.45, 2.75) is 137 Å². The lowest BCUT2D eigenvalue weighted by atomic mass is 9.97. The van der Waals surface area contributed by atoms with E-state index in [1.54, 1.807) is 0 Å². The molecule has 0 spiro atoms. The van der Waals surface area contributed by atoms with E-state index in [1.807, 2.05) is 0 Å². The normalized spacial score (nSPS) is 12.3. The molecule has 0 fully saturated rings. The molecule has 0 rings (SSSR count). The van der Waals surface area contributed by atoms with Crippen LogP contribution in [0, 0.1) is 17.8 Å². The minimum absolute atomic E-state index is 0.00990. The lowest BCUT2D eigenvalue weighted by molar-refractivity contribution is -0.149. The first kappa shape index (κ1) is 30.9. The minimum Gasteiger partial charge on any atom is -0.466 e. The van der Waals surface area contributed by atoms with Gasteiger partial charge in [-0.25, -0.2) is 0 Å². The third-order valence-electron chi connectivity index (χ3n) is 6.12. The van der Waals surface area contributed by atoms with E-state index in [-0.39, 0.29) is 17.9 Å². The average molecular weight is 455 g/mol. The number of rotatable bonds is 22. The Morgan fingerprint density at radius 2 is 1.06 bits per heavy atom. The Morgan fingerprint density at radius 3 is 1.56 bits per heavy atom. The Morgan fingerprint density at radius 1 is 0.594 bits per heavy atom. The minimum atomic E-state index is -0.0291. The second-order valence-corrected chi connectivity index (χ2v) is 10.3. The van der Waals surface area contributed by atoms with Gasteiger partial charge < -0.3 is 9.47 Å². The van der Waals surface area contributed by atoms with Crippen molar-refractivity contribution in [2.24, 2.45) is 17.8 Å². The standard InChI is InChI=1S/C28H54O4/c1-6-26(28(30)32-23-17-19-25(4)5)20-14-12-10-8-7-9-11-13-15-21-27(29)31-22-16-18-24(2)3/h24-26H,6-23H2,1-5H3. The highest BCUT2D eigenvalue weighted by atomic mass is 16.5. The van der Waals surface area contributed by atoms with Crippen LogP contribution in [0.15, 0.2) is 0 Å². The summed E-state index contributed by atoms with van der Waals surface area (Å²) < 4.78 is 10.7. The number of esters is 2. The van der Waals surface area contributed by atoms with E-state index in [4.69, 9.17) is 9.47 Å². The van der Waals surface area contributed by atoms with Crippen LogP contribution in [-0.2, 0) is 19.1 Å². The van der Waals surface area contributed by atoms with E-state index < -0.39 is 0 Å². The predicted molar refractivity (Wildman–Crippen MR) is 135 cm³/mol. The molecule has 4 nitrogen and oxygen atoms in total. The van der Waals surface area contributed by atoms with Crippen LogP contribution in [0.1, 0.15) is 137 Å². The highest BCUT2D eigenvalue weighted by molar-refractivity contribution is 5.72. The zero-order chi connectivity index (χ0) is 24.0. The Kier molecular flexibility index (Phi) is 21.0. The van der Waals surface area contributed by atoms with Crippen molar-refractivity contribution in [3.63, 3.8) is 0 Å². The molecule has 0 saturated carbocycles. The van der Waals surface area contributed by atoms with Gasteiger partial charge in [-0.1, -0.05) is 86.0 Å². The SMILES string of the molecule is CCC(CCCCCCCCCCCC(=O)OCCCC(C)C)C(=O)OCCCC(C)C. The van der Waals surface area contributed by atoms with E-state index in [1.165, 1.54) is 38.5 Å². The highest BCUT2D eigenvalue weighted by Gasteiger charge is 2.17. The zero-order valence-corrected chi connectivity index (χ0v) is 22.1. The predicted octanol–water partition coefficient (Wildman–Crippen LogP) is 8.26. The second kappa shape index (κ2) is 21.8. The number of carbonyl (C=O) groups is 2. The van der Waals surface area contributed by atoms with Crippen molar-refractivity contribution in [3.8, 4) is 0 Å². The summed E-state index contributed by atoms with van der Waals surface area (Å²) in [5, 5.41) is 0. The first-order valence-electron chi connectivity index (χ1n) is 13.7. The van der Waals surface area contributed by atoms with E-state index >= 15 is 0 Å². The molecule has 1 atom stereocenters. The van der Waals surface area contributed by atoms with Gasteiger partial charge in [-0.05, 0) is 56.8 Å². The van der Waals surface area contributed by atoms with Crippen LogP contribution < -0.4 is 0 Å². The zero-order valence-electron chi connectivity index (χ0n) is 22.1. The molecule has 0 radical (unpaired) electrons. The number of unbranched alkanes of at least 4 members (excludes halogenated alkanes) is 8. The lowest BCUT2D eigenvalue weighted by Crippen LogP contribution is -2.18.